The molecule has 0 aliphatic carbocycles. The monoisotopic (exact) mass is 508 g/mol. The molecule has 2 fully saturated rings. The molecule has 0 atom stereocenters. The molecule has 2 saturated heterocycles. The predicted octanol–water partition coefficient (Wildman–Crippen LogP) is 4.75. The van der Waals surface area contributed by atoms with Crippen molar-refractivity contribution in [3.63, 3.8) is 0 Å². The van der Waals surface area contributed by atoms with Crippen LogP contribution in [0.1, 0.15) is 19.3 Å². The van der Waals surface area contributed by atoms with Gasteiger partial charge in [0.05, 0.1) is 13.2 Å². The lowest BCUT2D eigenvalue weighted by molar-refractivity contribution is -0.188. The normalized spacial score (nSPS) is 19.4. The van der Waals surface area contributed by atoms with Crippen molar-refractivity contribution in [3.8, 4) is 11.5 Å². The van der Waals surface area contributed by atoms with E-state index in [9.17, 15) is 0 Å². The molecule has 2 aromatic rings. The molecule has 3 aliphatic rings. The molecular formula is C20H22Br2N4O2. The number of hydrogen-bond acceptors (Lipinski definition) is 6. The molecule has 28 heavy (non-hydrogen) atoms. The van der Waals surface area contributed by atoms with E-state index in [1.165, 1.54) is 32.5 Å². The standard InChI is InChI=1S/C20H22Br2N4O2/c21-14-6-16-18(23-8-14)26(19-17(28-16)7-15(22)9-24-19)5-3-1-2-4-25-10-20(11-25)12-27-13-20/h6-9H,1-5,10-13H2. The molecule has 0 radical (unpaired) electrons. The minimum atomic E-state index is 0.515. The van der Waals surface area contributed by atoms with E-state index in [1.807, 2.05) is 24.5 Å². The Kier molecular flexibility index (Phi) is 5.07. The number of nitrogens with zero attached hydrogens (tertiary/aromatic N) is 4. The molecule has 0 bridgehead atoms. The van der Waals surface area contributed by atoms with E-state index in [-0.39, 0.29) is 0 Å². The second-order valence-electron chi connectivity index (χ2n) is 7.97. The van der Waals surface area contributed by atoms with Crippen molar-refractivity contribution in [3.05, 3.63) is 33.5 Å². The zero-order valence-corrected chi connectivity index (χ0v) is 18.7. The van der Waals surface area contributed by atoms with Gasteiger partial charge in [-0.15, -0.1) is 0 Å². The minimum absolute atomic E-state index is 0.515. The van der Waals surface area contributed by atoms with Crippen LogP contribution in [-0.4, -0.2) is 54.3 Å². The number of ether oxygens (including phenoxy) is 2. The van der Waals surface area contributed by atoms with Gasteiger partial charge in [-0.1, -0.05) is 6.42 Å². The molecule has 148 valence electrons. The summed E-state index contributed by atoms with van der Waals surface area (Å²) in [6.07, 6.45) is 7.12. The Labute approximate surface area is 181 Å². The lowest BCUT2D eigenvalue weighted by Gasteiger charge is -2.55. The van der Waals surface area contributed by atoms with Crippen molar-refractivity contribution < 1.29 is 9.47 Å². The molecule has 0 unspecified atom stereocenters. The number of rotatable bonds is 6. The fraction of sp³-hybridized carbons (Fsp3) is 0.500. The summed E-state index contributed by atoms with van der Waals surface area (Å²) in [5, 5.41) is 0. The van der Waals surface area contributed by atoms with Crippen LogP contribution in [0.4, 0.5) is 11.6 Å². The molecule has 5 heterocycles. The molecule has 8 heteroatoms. The molecule has 2 aromatic heterocycles. The van der Waals surface area contributed by atoms with Gasteiger partial charge in [-0.2, -0.15) is 0 Å². The van der Waals surface area contributed by atoms with Gasteiger partial charge in [0, 0.05) is 58.5 Å². The van der Waals surface area contributed by atoms with Crippen molar-refractivity contribution in [1.82, 2.24) is 14.9 Å². The number of aromatic nitrogens is 2. The highest BCUT2D eigenvalue weighted by Crippen LogP contribution is 2.46. The highest BCUT2D eigenvalue weighted by Gasteiger charge is 2.48. The quantitative estimate of drug-likeness (QED) is 0.524. The zero-order chi connectivity index (χ0) is 19.1. The van der Waals surface area contributed by atoms with Gasteiger partial charge in [-0.3, -0.25) is 0 Å². The zero-order valence-electron chi connectivity index (χ0n) is 15.5. The smallest absolute Gasteiger partial charge is 0.177 e. The van der Waals surface area contributed by atoms with Crippen LogP contribution in [0, 0.1) is 5.41 Å². The van der Waals surface area contributed by atoms with E-state index >= 15 is 0 Å². The first-order chi connectivity index (χ1) is 13.6. The van der Waals surface area contributed by atoms with E-state index in [2.05, 4.69) is 51.6 Å². The first kappa shape index (κ1) is 18.8. The van der Waals surface area contributed by atoms with E-state index < -0.39 is 0 Å². The van der Waals surface area contributed by atoms with Gasteiger partial charge in [0.2, 0.25) is 0 Å². The first-order valence-electron chi connectivity index (χ1n) is 9.69. The largest absolute Gasteiger partial charge is 0.449 e. The number of anilines is 2. The Balaban J connectivity index is 1.20. The van der Waals surface area contributed by atoms with Crippen molar-refractivity contribution in [1.29, 1.82) is 0 Å². The predicted molar refractivity (Wildman–Crippen MR) is 114 cm³/mol. The van der Waals surface area contributed by atoms with Crippen molar-refractivity contribution in [2.24, 2.45) is 5.41 Å². The van der Waals surface area contributed by atoms with Gasteiger partial charge in [0.25, 0.3) is 0 Å². The molecule has 5 rings (SSSR count). The Morgan fingerprint density at radius 1 is 0.893 bits per heavy atom. The number of likely N-dealkylation sites (tertiary alicyclic amines) is 1. The summed E-state index contributed by atoms with van der Waals surface area (Å²) in [5.74, 6) is 3.19. The number of hydrogen-bond donors (Lipinski definition) is 0. The third-order valence-electron chi connectivity index (χ3n) is 5.62. The van der Waals surface area contributed by atoms with E-state index in [0.717, 1.165) is 58.3 Å². The van der Waals surface area contributed by atoms with Crippen LogP contribution in [0.25, 0.3) is 0 Å². The van der Waals surface area contributed by atoms with E-state index in [1.54, 1.807) is 0 Å². The summed E-state index contributed by atoms with van der Waals surface area (Å²) in [4.78, 5) is 13.9. The van der Waals surface area contributed by atoms with E-state index in [4.69, 9.17) is 9.47 Å². The summed E-state index contributed by atoms with van der Waals surface area (Å²) >= 11 is 6.97. The molecule has 0 saturated carbocycles. The maximum Gasteiger partial charge on any atom is 0.177 e. The second-order valence-corrected chi connectivity index (χ2v) is 9.80. The van der Waals surface area contributed by atoms with Crippen LogP contribution in [0.15, 0.2) is 33.5 Å². The molecule has 3 aliphatic heterocycles. The summed E-state index contributed by atoms with van der Waals surface area (Å²) in [6.45, 7) is 6.43. The van der Waals surface area contributed by atoms with Gasteiger partial charge in [-0.05, 0) is 51.2 Å². The topological polar surface area (TPSA) is 50.7 Å². The Bertz CT molecular complexity index is 831. The summed E-state index contributed by atoms with van der Waals surface area (Å²) in [6, 6.07) is 3.92. The second kappa shape index (κ2) is 7.55. The summed E-state index contributed by atoms with van der Waals surface area (Å²) in [7, 11) is 0. The summed E-state index contributed by atoms with van der Waals surface area (Å²) in [5.41, 5.74) is 0.515. The van der Waals surface area contributed by atoms with Crippen LogP contribution < -0.4 is 9.64 Å². The maximum absolute atomic E-state index is 6.04. The fourth-order valence-corrected chi connectivity index (χ4v) is 4.85. The summed E-state index contributed by atoms with van der Waals surface area (Å²) < 4.78 is 13.2. The van der Waals surface area contributed by atoms with Crippen molar-refractivity contribution in [2.45, 2.75) is 19.3 Å². The molecule has 6 nitrogen and oxygen atoms in total. The van der Waals surface area contributed by atoms with Gasteiger partial charge < -0.3 is 19.3 Å². The molecule has 0 N–H and O–H groups in total. The lowest BCUT2D eigenvalue weighted by Crippen LogP contribution is -2.65. The van der Waals surface area contributed by atoms with Crippen LogP contribution in [0.5, 0.6) is 11.5 Å². The lowest BCUT2D eigenvalue weighted by atomic mass is 9.78. The van der Waals surface area contributed by atoms with E-state index in [0.29, 0.717) is 5.41 Å². The number of fused-ring (bicyclic) bond motifs is 2. The van der Waals surface area contributed by atoms with Crippen LogP contribution in [0.2, 0.25) is 0 Å². The average molecular weight is 510 g/mol. The van der Waals surface area contributed by atoms with Crippen LogP contribution in [-0.2, 0) is 4.74 Å². The third-order valence-corrected chi connectivity index (χ3v) is 6.49. The van der Waals surface area contributed by atoms with Crippen LogP contribution in [0.3, 0.4) is 0 Å². The van der Waals surface area contributed by atoms with Gasteiger partial charge >= 0.3 is 0 Å². The Morgan fingerprint density at radius 3 is 2.07 bits per heavy atom. The first-order valence-corrected chi connectivity index (χ1v) is 11.3. The molecular weight excluding hydrogens is 488 g/mol. The highest BCUT2D eigenvalue weighted by atomic mass is 79.9. The highest BCUT2D eigenvalue weighted by molar-refractivity contribution is 9.10. The molecule has 0 amide bonds. The van der Waals surface area contributed by atoms with Crippen molar-refractivity contribution in [2.75, 3.05) is 44.3 Å². The van der Waals surface area contributed by atoms with Crippen molar-refractivity contribution >= 4 is 43.5 Å². The average Bonchev–Trinajstić information content (AvgIpc) is 2.60. The Hall–Kier alpha value is -1.22. The number of unbranched alkanes of at least 4 members (excludes halogenated alkanes) is 2. The number of halogens is 2. The van der Waals surface area contributed by atoms with Gasteiger partial charge in [0.15, 0.2) is 23.1 Å². The number of pyridine rings is 2. The fourth-order valence-electron chi connectivity index (χ4n) is 4.23. The minimum Gasteiger partial charge on any atom is -0.449 e. The SMILES string of the molecule is Brc1cnc2c(c1)Oc1cc(Br)cnc1N2CCCCCN1CC2(COC2)C1. The van der Waals surface area contributed by atoms with Gasteiger partial charge in [0.1, 0.15) is 0 Å². The maximum atomic E-state index is 6.04. The molecule has 1 spiro atoms. The third kappa shape index (κ3) is 3.56. The van der Waals surface area contributed by atoms with Gasteiger partial charge in [-0.25, -0.2) is 9.97 Å². The van der Waals surface area contributed by atoms with Crippen LogP contribution >= 0.6 is 31.9 Å². The Morgan fingerprint density at radius 2 is 1.50 bits per heavy atom. The molecule has 0 aromatic carbocycles.